The minimum atomic E-state index is 0.220. The molecule has 0 aliphatic heterocycles. The Morgan fingerprint density at radius 2 is 1.89 bits per heavy atom. The second kappa shape index (κ2) is 6.38. The zero-order chi connectivity index (χ0) is 13.7. The Hall–Kier alpha value is -1.82. The van der Waals surface area contributed by atoms with Gasteiger partial charge in [-0.05, 0) is 30.5 Å². The lowest BCUT2D eigenvalue weighted by Gasteiger charge is -2.26. The van der Waals surface area contributed by atoms with Crippen LogP contribution in [0.1, 0.15) is 43.2 Å². The maximum absolute atomic E-state index is 12.3. The van der Waals surface area contributed by atoms with Crippen LogP contribution in [0.5, 0.6) is 0 Å². The Morgan fingerprint density at radius 1 is 1.26 bits per heavy atom. The second-order valence-electron chi connectivity index (χ2n) is 5.34. The van der Waals surface area contributed by atoms with E-state index in [1.807, 2.05) is 24.1 Å². The molecule has 1 saturated carbocycles. The Balaban J connectivity index is 1.93. The highest BCUT2D eigenvalue weighted by molar-refractivity contribution is 5.78. The summed E-state index contributed by atoms with van der Waals surface area (Å²) in [4.78, 5) is 14.1. The first kappa shape index (κ1) is 13.6. The first-order valence-corrected chi connectivity index (χ1v) is 6.94. The molecule has 100 valence electrons. The van der Waals surface area contributed by atoms with E-state index in [1.54, 1.807) is 12.1 Å². The van der Waals surface area contributed by atoms with Gasteiger partial charge in [0.15, 0.2) is 0 Å². The van der Waals surface area contributed by atoms with E-state index in [1.165, 1.54) is 19.3 Å². The largest absolute Gasteiger partial charge is 0.341 e. The van der Waals surface area contributed by atoms with Crippen molar-refractivity contribution in [3.05, 3.63) is 35.4 Å². The molecule has 1 aromatic rings. The smallest absolute Gasteiger partial charge is 0.225 e. The third kappa shape index (κ3) is 3.57. The van der Waals surface area contributed by atoms with E-state index in [2.05, 4.69) is 6.07 Å². The van der Waals surface area contributed by atoms with Crippen molar-refractivity contribution >= 4 is 5.91 Å². The summed E-state index contributed by atoms with van der Waals surface area (Å²) in [6.07, 6.45) is 5.71. The van der Waals surface area contributed by atoms with Gasteiger partial charge in [-0.15, -0.1) is 0 Å². The molecule has 0 N–H and O–H groups in total. The minimum absolute atomic E-state index is 0.220. The lowest BCUT2D eigenvalue weighted by atomic mass is 9.88. The maximum atomic E-state index is 12.3. The quantitative estimate of drug-likeness (QED) is 0.834. The topological polar surface area (TPSA) is 44.1 Å². The number of carbonyl (C=O) groups is 1. The zero-order valence-electron chi connectivity index (χ0n) is 11.4. The summed E-state index contributed by atoms with van der Waals surface area (Å²) in [5, 5.41) is 8.75. The molecule has 0 atom stereocenters. The standard InChI is InChI=1S/C16H20N2O/c1-18(16(19)15-5-3-2-4-6-15)12-14-9-7-13(11-17)8-10-14/h7-10,15H,2-6,12H2,1H3. The van der Waals surface area contributed by atoms with E-state index >= 15 is 0 Å². The Bertz CT molecular complexity index is 467. The lowest BCUT2D eigenvalue weighted by Crippen LogP contribution is -2.33. The van der Waals surface area contributed by atoms with Crippen LogP contribution in [0.25, 0.3) is 0 Å². The molecule has 1 fully saturated rings. The molecule has 1 aromatic carbocycles. The van der Waals surface area contributed by atoms with Gasteiger partial charge >= 0.3 is 0 Å². The van der Waals surface area contributed by atoms with Crippen LogP contribution in [0.3, 0.4) is 0 Å². The number of hydrogen-bond donors (Lipinski definition) is 0. The van der Waals surface area contributed by atoms with Crippen molar-refractivity contribution in [2.75, 3.05) is 7.05 Å². The zero-order valence-corrected chi connectivity index (χ0v) is 11.4. The van der Waals surface area contributed by atoms with Crippen LogP contribution < -0.4 is 0 Å². The van der Waals surface area contributed by atoms with E-state index in [9.17, 15) is 4.79 Å². The molecule has 1 aliphatic carbocycles. The highest BCUT2D eigenvalue weighted by atomic mass is 16.2. The molecule has 19 heavy (non-hydrogen) atoms. The third-order valence-corrected chi connectivity index (χ3v) is 3.83. The van der Waals surface area contributed by atoms with E-state index < -0.39 is 0 Å². The lowest BCUT2D eigenvalue weighted by molar-refractivity contribution is -0.135. The fourth-order valence-electron chi connectivity index (χ4n) is 2.70. The van der Waals surface area contributed by atoms with Gasteiger partial charge in [-0.1, -0.05) is 31.4 Å². The van der Waals surface area contributed by atoms with Crippen LogP contribution in [0, 0.1) is 17.2 Å². The number of nitrogens with zero attached hydrogens (tertiary/aromatic N) is 2. The van der Waals surface area contributed by atoms with Crippen molar-refractivity contribution in [1.29, 1.82) is 5.26 Å². The average Bonchev–Trinajstić information content (AvgIpc) is 2.48. The summed E-state index contributed by atoms with van der Waals surface area (Å²) < 4.78 is 0. The van der Waals surface area contributed by atoms with Crippen LogP contribution in [-0.4, -0.2) is 17.9 Å². The fourth-order valence-corrected chi connectivity index (χ4v) is 2.70. The number of amides is 1. The summed E-state index contributed by atoms with van der Waals surface area (Å²) in [5.41, 5.74) is 1.73. The second-order valence-corrected chi connectivity index (χ2v) is 5.34. The highest BCUT2D eigenvalue weighted by Gasteiger charge is 2.23. The van der Waals surface area contributed by atoms with Crippen molar-refractivity contribution in [3.63, 3.8) is 0 Å². The van der Waals surface area contributed by atoms with Gasteiger partial charge in [0.1, 0.15) is 0 Å². The first-order valence-electron chi connectivity index (χ1n) is 6.94. The van der Waals surface area contributed by atoms with Crippen molar-refractivity contribution in [3.8, 4) is 6.07 Å². The molecule has 3 nitrogen and oxygen atoms in total. The van der Waals surface area contributed by atoms with Gasteiger partial charge in [-0.3, -0.25) is 4.79 Å². The maximum Gasteiger partial charge on any atom is 0.225 e. The van der Waals surface area contributed by atoms with Crippen molar-refractivity contribution in [2.45, 2.75) is 38.6 Å². The Kier molecular flexibility index (Phi) is 4.57. The van der Waals surface area contributed by atoms with Gasteiger partial charge in [-0.2, -0.15) is 5.26 Å². The van der Waals surface area contributed by atoms with Crippen LogP contribution >= 0.6 is 0 Å². The monoisotopic (exact) mass is 256 g/mol. The minimum Gasteiger partial charge on any atom is -0.341 e. The van der Waals surface area contributed by atoms with Crippen LogP contribution in [0.2, 0.25) is 0 Å². The summed E-state index contributed by atoms with van der Waals surface area (Å²) in [6, 6.07) is 9.54. The van der Waals surface area contributed by atoms with E-state index in [4.69, 9.17) is 5.26 Å². The van der Waals surface area contributed by atoms with Gasteiger partial charge < -0.3 is 4.90 Å². The van der Waals surface area contributed by atoms with Crippen molar-refractivity contribution in [1.82, 2.24) is 4.90 Å². The van der Waals surface area contributed by atoms with Crippen LogP contribution in [-0.2, 0) is 11.3 Å². The normalized spacial score (nSPS) is 15.8. The molecular formula is C16H20N2O. The van der Waals surface area contributed by atoms with E-state index in [0.29, 0.717) is 12.1 Å². The van der Waals surface area contributed by atoms with E-state index in [0.717, 1.165) is 18.4 Å². The molecule has 0 unspecified atom stereocenters. The molecular weight excluding hydrogens is 236 g/mol. The highest BCUT2D eigenvalue weighted by Crippen LogP contribution is 2.25. The first-order chi connectivity index (χ1) is 9.20. The Labute approximate surface area is 114 Å². The SMILES string of the molecule is CN(Cc1ccc(C#N)cc1)C(=O)C1CCCCC1. The van der Waals surface area contributed by atoms with E-state index in [-0.39, 0.29) is 11.8 Å². The molecule has 0 radical (unpaired) electrons. The fraction of sp³-hybridized carbons (Fsp3) is 0.500. The van der Waals surface area contributed by atoms with Crippen molar-refractivity contribution < 1.29 is 4.79 Å². The predicted octanol–water partition coefficient (Wildman–Crippen LogP) is 3.10. The number of carbonyl (C=O) groups excluding carboxylic acids is 1. The molecule has 3 heteroatoms. The van der Waals surface area contributed by atoms with Crippen LogP contribution in [0.15, 0.2) is 24.3 Å². The summed E-state index contributed by atoms with van der Waals surface area (Å²) in [6.45, 7) is 0.626. The number of benzene rings is 1. The number of hydrogen-bond acceptors (Lipinski definition) is 2. The number of nitriles is 1. The van der Waals surface area contributed by atoms with Crippen molar-refractivity contribution in [2.24, 2.45) is 5.92 Å². The molecule has 0 bridgehead atoms. The molecule has 2 rings (SSSR count). The van der Waals surface area contributed by atoms with Gasteiger partial charge in [0.05, 0.1) is 11.6 Å². The van der Waals surface area contributed by atoms with Gasteiger partial charge in [0, 0.05) is 19.5 Å². The summed E-state index contributed by atoms with van der Waals surface area (Å²) >= 11 is 0. The van der Waals surface area contributed by atoms with Gasteiger partial charge in [0.25, 0.3) is 0 Å². The molecule has 0 spiro atoms. The van der Waals surface area contributed by atoms with Gasteiger partial charge in [-0.25, -0.2) is 0 Å². The van der Waals surface area contributed by atoms with Crippen LogP contribution in [0.4, 0.5) is 0 Å². The third-order valence-electron chi connectivity index (χ3n) is 3.83. The average molecular weight is 256 g/mol. The molecule has 1 aliphatic rings. The predicted molar refractivity (Wildman–Crippen MR) is 74.2 cm³/mol. The molecule has 0 aromatic heterocycles. The summed E-state index contributed by atoms with van der Waals surface area (Å²) in [7, 11) is 1.87. The molecule has 1 amide bonds. The molecule has 0 saturated heterocycles. The molecule has 0 heterocycles. The number of rotatable bonds is 3. The van der Waals surface area contributed by atoms with Gasteiger partial charge in [0.2, 0.25) is 5.91 Å². The Morgan fingerprint density at radius 3 is 2.47 bits per heavy atom. The summed E-state index contributed by atoms with van der Waals surface area (Å²) in [5.74, 6) is 0.487.